The quantitative estimate of drug-likeness (QED) is 0.828. The van der Waals surface area contributed by atoms with Gasteiger partial charge in [-0.2, -0.15) is 0 Å². The SMILES string of the molecule is CC(C)Sc1ccc(C2(CN)CCC2)cc1Cl. The molecule has 0 heterocycles. The number of rotatable bonds is 4. The van der Waals surface area contributed by atoms with Gasteiger partial charge in [0.05, 0.1) is 5.02 Å². The van der Waals surface area contributed by atoms with Crippen molar-refractivity contribution in [1.29, 1.82) is 0 Å². The average Bonchev–Trinajstić information content (AvgIpc) is 2.20. The Morgan fingerprint density at radius 2 is 2.12 bits per heavy atom. The van der Waals surface area contributed by atoms with Crippen LogP contribution in [0, 0.1) is 0 Å². The summed E-state index contributed by atoms with van der Waals surface area (Å²) in [5.41, 5.74) is 7.46. The first-order chi connectivity index (χ1) is 8.07. The summed E-state index contributed by atoms with van der Waals surface area (Å²) in [5, 5.41) is 1.44. The van der Waals surface area contributed by atoms with E-state index < -0.39 is 0 Å². The third kappa shape index (κ3) is 2.64. The third-order valence-corrected chi connectivity index (χ3v) is 5.11. The van der Waals surface area contributed by atoms with Gasteiger partial charge < -0.3 is 5.73 Å². The van der Waals surface area contributed by atoms with E-state index in [9.17, 15) is 0 Å². The molecule has 1 saturated carbocycles. The Bertz CT molecular complexity index is 394. The molecule has 0 atom stereocenters. The lowest BCUT2D eigenvalue weighted by Gasteiger charge is -2.41. The van der Waals surface area contributed by atoms with Crippen LogP contribution in [0.1, 0.15) is 38.7 Å². The molecule has 1 fully saturated rings. The number of thioether (sulfide) groups is 1. The number of hydrogen-bond donors (Lipinski definition) is 1. The third-order valence-electron chi connectivity index (χ3n) is 3.61. The summed E-state index contributed by atoms with van der Waals surface area (Å²) in [6, 6.07) is 6.49. The summed E-state index contributed by atoms with van der Waals surface area (Å²) in [6.45, 7) is 5.10. The van der Waals surface area contributed by atoms with Gasteiger partial charge in [-0.1, -0.05) is 37.9 Å². The van der Waals surface area contributed by atoms with Crippen LogP contribution < -0.4 is 5.73 Å². The van der Waals surface area contributed by atoms with Gasteiger partial charge in [-0.05, 0) is 30.5 Å². The Labute approximate surface area is 113 Å². The Kier molecular flexibility index (Phi) is 4.06. The van der Waals surface area contributed by atoms with E-state index in [1.54, 1.807) is 0 Å². The van der Waals surface area contributed by atoms with Crippen LogP contribution in [0.5, 0.6) is 0 Å². The molecule has 3 heteroatoms. The second kappa shape index (κ2) is 5.21. The monoisotopic (exact) mass is 269 g/mol. The maximum Gasteiger partial charge on any atom is 0.0544 e. The van der Waals surface area contributed by atoms with Crippen molar-refractivity contribution in [3.8, 4) is 0 Å². The van der Waals surface area contributed by atoms with Crippen LogP contribution in [-0.2, 0) is 5.41 Å². The summed E-state index contributed by atoms with van der Waals surface area (Å²) in [5.74, 6) is 0. The second-order valence-corrected chi connectivity index (χ2v) is 7.18. The van der Waals surface area contributed by atoms with E-state index in [1.165, 1.54) is 29.7 Å². The van der Waals surface area contributed by atoms with E-state index in [0.717, 1.165) is 11.6 Å². The molecule has 2 N–H and O–H groups in total. The maximum atomic E-state index is 6.36. The molecule has 0 saturated heterocycles. The fraction of sp³-hybridized carbons (Fsp3) is 0.571. The number of hydrogen-bond acceptors (Lipinski definition) is 2. The number of halogens is 1. The van der Waals surface area contributed by atoms with Gasteiger partial charge in [-0.25, -0.2) is 0 Å². The highest BCUT2D eigenvalue weighted by atomic mass is 35.5. The summed E-state index contributed by atoms with van der Waals surface area (Å²) >= 11 is 8.17. The Hall–Kier alpha value is -0.180. The van der Waals surface area contributed by atoms with Gasteiger partial charge in [-0.15, -0.1) is 11.8 Å². The van der Waals surface area contributed by atoms with Crippen LogP contribution in [-0.4, -0.2) is 11.8 Å². The molecule has 17 heavy (non-hydrogen) atoms. The lowest BCUT2D eigenvalue weighted by molar-refractivity contribution is 0.253. The van der Waals surface area contributed by atoms with Crippen LogP contribution in [0.15, 0.2) is 23.1 Å². The highest BCUT2D eigenvalue weighted by molar-refractivity contribution is 8.00. The summed E-state index contributed by atoms with van der Waals surface area (Å²) in [4.78, 5) is 1.18. The molecule has 0 aliphatic heterocycles. The molecule has 0 radical (unpaired) electrons. The zero-order valence-corrected chi connectivity index (χ0v) is 12.1. The second-order valence-electron chi connectivity index (χ2n) is 5.15. The molecule has 1 nitrogen and oxygen atoms in total. The van der Waals surface area contributed by atoms with E-state index in [0.29, 0.717) is 5.25 Å². The molecule has 2 rings (SSSR count). The van der Waals surface area contributed by atoms with Gasteiger partial charge in [-0.3, -0.25) is 0 Å². The van der Waals surface area contributed by atoms with Crippen LogP contribution in [0.4, 0.5) is 0 Å². The lowest BCUT2D eigenvalue weighted by atomic mass is 9.64. The fourth-order valence-corrected chi connectivity index (χ4v) is 3.53. The highest BCUT2D eigenvalue weighted by Crippen LogP contribution is 2.44. The predicted octanol–water partition coefficient (Wildman–Crippen LogP) is 4.22. The maximum absolute atomic E-state index is 6.36. The van der Waals surface area contributed by atoms with Crippen LogP contribution in [0.25, 0.3) is 0 Å². The van der Waals surface area contributed by atoms with E-state index in [2.05, 4.69) is 32.0 Å². The largest absolute Gasteiger partial charge is 0.330 e. The minimum Gasteiger partial charge on any atom is -0.330 e. The molecule has 0 spiro atoms. The molecular weight excluding hydrogens is 250 g/mol. The Morgan fingerprint density at radius 1 is 1.41 bits per heavy atom. The van der Waals surface area contributed by atoms with Crippen molar-refractivity contribution in [1.82, 2.24) is 0 Å². The minimum atomic E-state index is 0.213. The van der Waals surface area contributed by atoms with Crippen LogP contribution >= 0.6 is 23.4 Å². The van der Waals surface area contributed by atoms with Crippen molar-refractivity contribution in [2.75, 3.05) is 6.54 Å². The van der Waals surface area contributed by atoms with Gasteiger partial charge in [0.2, 0.25) is 0 Å². The molecule has 94 valence electrons. The summed E-state index contributed by atoms with van der Waals surface area (Å²) in [6.07, 6.45) is 3.70. The molecular formula is C14H20ClNS. The lowest BCUT2D eigenvalue weighted by Crippen LogP contribution is -2.41. The number of nitrogens with two attached hydrogens (primary N) is 1. The Morgan fingerprint density at radius 3 is 2.53 bits per heavy atom. The molecule has 0 amide bonds. The molecule has 1 aromatic rings. The molecule has 1 aliphatic carbocycles. The first-order valence-corrected chi connectivity index (χ1v) is 7.50. The standard InChI is InChI=1S/C14H20ClNS/c1-10(2)17-13-5-4-11(8-12(13)15)14(9-16)6-3-7-14/h4-5,8,10H,3,6-7,9,16H2,1-2H3. The zero-order valence-electron chi connectivity index (χ0n) is 10.5. The molecule has 1 aliphatic rings. The summed E-state index contributed by atoms with van der Waals surface area (Å²) < 4.78 is 0. The van der Waals surface area contributed by atoms with Crippen molar-refractivity contribution in [3.05, 3.63) is 28.8 Å². The van der Waals surface area contributed by atoms with E-state index in [-0.39, 0.29) is 5.41 Å². The fourth-order valence-electron chi connectivity index (χ4n) is 2.39. The van der Waals surface area contributed by atoms with E-state index >= 15 is 0 Å². The highest BCUT2D eigenvalue weighted by Gasteiger charge is 2.37. The first-order valence-electron chi connectivity index (χ1n) is 6.24. The van der Waals surface area contributed by atoms with Crippen molar-refractivity contribution in [2.45, 2.75) is 48.7 Å². The van der Waals surface area contributed by atoms with Gasteiger partial charge in [0, 0.05) is 22.1 Å². The smallest absolute Gasteiger partial charge is 0.0544 e. The van der Waals surface area contributed by atoms with Crippen molar-refractivity contribution in [3.63, 3.8) is 0 Å². The van der Waals surface area contributed by atoms with Crippen molar-refractivity contribution >= 4 is 23.4 Å². The van der Waals surface area contributed by atoms with Crippen LogP contribution in [0.2, 0.25) is 5.02 Å². The van der Waals surface area contributed by atoms with E-state index in [1.807, 2.05) is 11.8 Å². The normalized spacial score (nSPS) is 18.2. The summed E-state index contributed by atoms with van der Waals surface area (Å²) in [7, 11) is 0. The molecule has 0 unspecified atom stereocenters. The van der Waals surface area contributed by atoms with Gasteiger partial charge in [0.15, 0.2) is 0 Å². The van der Waals surface area contributed by atoms with Gasteiger partial charge in [0.25, 0.3) is 0 Å². The minimum absolute atomic E-state index is 0.213. The van der Waals surface area contributed by atoms with Gasteiger partial charge in [0.1, 0.15) is 0 Å². The molecule has 1 aromatic carbocycles. The Balaban J connectivity index is 2.24. The predicted molar refractivity (Wildman–Crippen MR) is 77.0 cm³/mol. The van der Waals surface area contributed by atoms with Crippen molar-refractivity contribution in [2.24, 2.45) is 5.73 Å². The topological polar surface area (TPSA) is 26.0 Å². The van der Waals surface area contributed by atoms with Crippen molar-refractivity contribution < 1.29 is 0 Å². The first kappa shape index (κ1) is 13.3. The molecule has 0 bridgehead atoms. The van der Waals surface area contributed by atoms with Crippen LogP contribution in [0.3, 0.4) is 0 Å². The zero-order chi connectivity index (χ0) is 12.5. The van der Waals surface area contributed by atoms with Gasteiger partial charge >= 0.3 is 0 Å². The van der Waals surface area contributed by atoms with E-state index in [4.69, 9.17) is 17.3 Å². The number of benzene rings is 1. The molecule has 0 aromatic heterocycles. The average molecular weight is 270 g/mol.